The molecular formula is C15H30N2O. The summed E-state index contributed by atoms with van der Waals surface area (Å²) in [7, 11) is 0. The zero-order valence-corrected chi connectivity index (χ0v) is 12.3. The van der Waals surface area contributed by atoms with Crippen LogP contribution in [-0.2, 0) is 4.79 Å². The monoisotopic (exact) mass is 254 g/mol. The molecule has 3 nitrogen and oxygen atoms in total. The second-order valence-electron chi connectivity index (χ2n) is 5.81. The van der Waals surface area contributed by atoms with Gasteiger partial charge >= 0.3 is 0 Å². The van der Waals surface area contributed by atoms with Crippen molar-refractivity contribution in [1.29, 1.82) is 0 Å². The van der Waals surface area contributed by atoms with Crippen LogP contribution in [0, 0.1) is 5.92 Å². The van der Waals surface area contributed by atoms with Crippen molar-refractivity contribution in [2.45, 2.75) is 77.8 Å². The zero-order chi connectivity index (χ0) is 13.4. The first-order valence-electron chi connectivity index (χ1n) is 7.66. The highest BCUT2D eigenvalue weighted by molar-refractivity contribution is 5.78. The standard InChI is InChI=1S/C15H30N2O/c1-4-12(2)13(3)16-11-15(18)17-14-9-7-5-6-8-10-14/h12-14,16H,4-11H2,1-3H3,(H,17,18). The highest BCUT2D eigenvalue weighted by Gasteiger charge is 2.16. The summed E-state index contributed by atoms with van der Waals surface area (Å²) < 4.78 is 0. The number of rotatable bonds is 6. The number of hydrogen-bond donors (Lipinski definition) is 2. The van der Waals surface area contributed by atoms with Gasteiger partial charge in [-0.05, 0) is 25.7 Å². The van der Waals surface area contributed by atoms with E-state index in [4.69, 9.17) is 0 Å². The number of nitrogens with one attached hydrogen (secondary N) is 2. The van der Waals surface area contributed by atoms with Crippen LogP contribution in [0.4, 0.5) is 0 Å². The number of carbonyl (C=O) groups excluding carboxylic acids is 1. The van der Waals surface area contributed by atoms with Gasteiger partial charge in [0, 0.05) is 12.1 Å². The molecule has 2 unspecified atom stereocenters. The minimum absolute atomic E-state index is 0.164. The molecule has 18 heavy (non-hydrogen) atoms. The summed E-state index contributed by atoms with van der Waals surface area (Å²) in [6.45, 7) is 7.03. The first-order chi connectivity index (χ1) is 8.63. The lowest BCUT2D eigenvalue weighted by Crippen LogP contribution is -2.43. The van der Waals surface area contributed by atoms with E-state index in [1.807, 2.05) is 0 Å². The molecule has 3 heteroatoms. The van der Waals surface area contributed by atoms with E-state index in [9.17, 15) is 4.79 Å². The van der Waals surface area contributed by atoms with Crippen LogP contribution in [0.1, 0.15) is 65.7 Å². The summed E-state index contributed by atoms with van der Waals surface area (Å²) in [6, 6.07) is 0.829. The lowest BCUT2D eigenvalue weighted by Gasteiger charge is -2.21. The summed E-state index contributed by atoms with van der Waals surface area (Å²) in [5.41, 5.74) is 0. The molecule has 1 aliphatic carbocycles. The fraction of sp³-hybridized carbons (Fsp3) is 0.933. The fourth-order valence-electron chi connectivity index (χ4n) is 2.51. The van der Waals surface area contributed by atoms with E-state index in [0.717, 1.165) is 19.3 Å². The van der Waals surface area contributed by atoms with Gasteiger partial charge in [0.2, 0.25) is 5.91 Å². The Morgan fingerprint density at radius 3 is 2.33 bits per heavy atom. The zero-order valence-electron chi connectivity index (χ0n) is 12.3. The van der Waals surface area contributed by atoms with Gasteiger partial charge in [0.25, 0.3) is 0 Å². The second kappa shape index (κ2) is 8.52. The van der Waals surface area contributed by atoms with Crippen LogP contribution in [0.5, 0.6) is 0 Å². The van der Waals surface area contributed by atoms with Crippen molar-refractivity contribution in [3.05, 3.63) is 0 Å². The highest BCUT2D eigenvalue weighted by Crippen LogP contribution is 2.17. The molecule has 2 N–H and O–H groups in total. The topological polar surface area (TPSA) is 41.1 Å². The molecule has 1 saturated carbocycles. The number of carbonyl (C=O) groups is 1. The Morgan fingerprint density at radius 1 is 1.17 bits per heavy atom. The third-order valence-corrected chi connectivity index (χ3v) is 4.30. The van der Waals surface area contributed by atoms with Crippen LogP contribution in [0.25, 0.3) is 0 Å². The van der Waals surface area contributed by atoms with E-state index in [1.165, 1.54) is 25.7 Å². The molecule has 0 aromatic carbocycles. The molecule has 0 bridgehead atoms. The van der Waals surface area contributed by atoms with Crippen molar-refractivity contribution in [1.82, 2.24) is 10.6 Å². The van der Waals surface area contributed by atoms with Crippen LogP contribution >= 0.6 is 0 Å². The quantitative estimate of drug-likeness (QED) is 0.716. The Balaban J connectivity index is 2.20. The molecule has 1 fully saturated rings. The van der Waals surface area contributed by atoms with E-state index in [-0.39, 0.29) is 5.91 Å². The predicted octanol–water partition coefficient (Wildman–Crippen LogP) is 2.85. The smallest absolute Gasteiger partial charge is 0.234 e. The molecule has 0 spiro atoms. The van der Waals surface area contributed by atoms with Crippen LogP contribution in [0.3, 0.4) is 0 Å². The van der Waals surface area contributed by atoms with Gasteiger partial charge in [-0.1, -0.05) is 46.0 Å². The van der Waals surface area contributed by atoms with E-state index in [0.29, 0.717) is 24.5 Å². The van der Waals surface area contributed by atoms with E-state index in [1.54, 1.807) is 0 Å². The summed E-state index contributed by atoms with van der Waals surface area (Å²) in [6.07, 6.45) is 8.66. The molecule has 0 aromatic rings. The maximum atomic E-state index is 11.9. The molecule has 1 rings (SSSR count). The largest absolute Gasteiger partial charge is 0.352 e. The van der Waals surface area contributed by atoms with E-state index in [2.05, 4.69) is 31.4 Å². The summed E-state index contributed by atoms with van der Waals surface area (Å²) >= 11 is 0. The first-order valence-corrected chi connectivity index (χ1v) is 7.66. The molecule has 1 aliphatic rings. The van der Waals surface area contributed by atoms with E-state index < -0.39 is 0 Å². The molecule has 0 aromatic heterocycles. The Labute approximate surface area is 112 Å². The van der Waals surface area contributed by atoms with Crippen molar-refractivity contribution >= 4 is 5.91 Å². The van der Waals surface area contributed by atoms with Crippen molar-refractivity contribution < 1.29 is 4.79 Å². The Morgan fingerprint density at radius 2 is 1.78 bits per heavy atom. The first kappa shape index (κ1) is 15.5. The Bertz CT molecular complexity index is 235. The normalized spacial score (nSPS) is 21.1. The minimum atomic E-state index is 0.164. The molecule has 2 atom stereocenters. The highest BCUT2D eigenvalue weighted by atomic mass is 16.1. The molecule has 106 valence electrons. The Kier molecular flexibility index (Phi) is 7.33. The Hall–Kier alpha value is -0.570. The van der Waals surface area contributed by atoms with Gasteiger partial charge in [-0.2, -0.15) is 0 Å². The molecular weight excluding hydrogens is 224 g/mol. The lowest BCUT2D eigenvalue weighted by atomic mass is 10.0. The molecule has 0 radical (unpaired) electrons. The van der Waals surface area contributed by atoms with Gasteiger partial charge in [0.05, 0.1) is 6.54 Å². The minimum Gasteiger partial charge on any atom is -0.352 e. The SMILES string of the molecule is CCC(C)C(C)NCC(=O)NC1CCCCCC1. The van der Waals surface area contributed by atoms with Crippen LogP contribution in [0.15, 0.2) is 0 Å². The van der Waals surface area contributed by atoms with E-state index >= 15 is 0 Å². The summed E-state index contributed by atoms with van der Waals surface area (Å²) in [5, 5.41) is 6.50. The average Bonchev–Trinajstić information content (AvgIpc) is 2.63. The van der Waals surface area contributed by atoms with Gasteiger partial charge in [0.1, 0.15) is 0 Å². The van der Waals surface area contributed by atoms with Crippen molar-refractivity contribution in [3.63, 3.8) is 0 Å². The maximum absolute atomic E-state index is 11.9. The average molecular weight is 254 g/mol. The molecule has 1 amide bonds. The fourth-order valence-corrected chi connectivity index (χ4v) is 2.51. The van der Waals surface area contributed by atoms with Gasteiger partial charge in [-0.15, -0.1) is 0 Å². The summed E-state index contributed by atoms with van der Waals surface area (Å²) in [5.74, 6) is 0.785. The predicted molar refractivity (Wildman–Crippen MR) is 76.6 cm³/mol. The van der Waals surface area contributed by atoms with Gasteiger partial charge in [0.15, 0.2) is 0 Å². The second-order valence-corrected chi connectivity index (χ2v) is 5.81. The molecule has 0 heterocycles. The van der Waals surface area contributed by atoms with Gasteiger partial charge in [-0.3, -0.25) is 4.79 Å². The maximum Gasteiger partial charge on any atom is 0.234 e. The van der Waals surface area contributed by atoms with Crippen molar-refractivity contribution in [3.8, 4) is 0 Å². The third-order valence-electron chi connectivity index (χ3n) is 4.30. The van der Waals surface area contributed by atoms with Crippen molar-refractivity contribution in [2.24, 2.45) is 5.92 Å². The molecule has 0 aliphatic heterocycles. The third kappa shape index (κ3) is 5.85. The number of hydrogen-bond acceptors (Lipinski definition) is 2. The summed E-state index contributed by atoms with van der Waals surface area (Å²) in [4.78, 5) is 11.9. The molecule has 0 saturated heterocycles. The van der Waals surface area contributed by atoms with Crippen LogP contribution in [0.2, 0.25) is 0 Å². The van der Waals surface area contributed by atoms with Gasteiger partial charge < -0.3 is 10.6 Å². The van der Waals surface area contributed by atoms with Gasteiger partial charge in [-0.25, -0.2) is 0 Å². The van der Waals surface area contributed by atoms with Crippen molar-refractivity contribution in [2.75, 3.05) is 6.54 Å². The van der Waals surface area contributed by atoms with Crippen LogP contribution in [-0.4, -0.2) is 24.5 Å². The number of amides is 1. The van der Waals surface area contributed by atoms with Crippen LogP contribution < -0.4 is 10.6 Å². The lowest BCUT2D eigenvalue weighted by molar-refractivity contribution is -0.121.